The van der Waals surface area contributed by atoms with Gasteiger partial charge in [0.25, 0.3) is 0 Å². The van der Waals surface area contributed by atoms with Crippen molar-refractivity contribution in [2.24, 2.45) is 0 Å². The number of likely N-dealkylation sites (N-methyl/N-ethyl adjacent to an activating group) is 1. The number of nitrogens with zero attached hydrogens (tertiary/aromatic N) is 1. The normalized spacial score (nSPS) is 10.2. The molecule has 0 amide bonds. The molecule has 1 aromatic rings. The van der Waals surface area contributed by atoms with Crippen LogP contribution in [-0.2, 0) is 16.1 Å². The Labute approximate surface area is 95.8 Å². The largest absolute Gasteiger partial charge is 0.497 e. The highest BCUT2D eigenvalue weighted by molar-refractivity contribution is 5.71. The molecule has 0 bridgehead atoms. The van der Waals surface area contributed by atoms with Gasteiger partial charge >= 0.3 is 5.97 Å². The monoisotopic (exact) mass is 223 g/mol. The Bertz CT molecular complexity index is 335. The van der Waals surface area contributed by atoms with Gasteiger partial charge in [-0.2, -0.15) is 0 Å². The molecule has 4 nitrogen and oxygen atoms in total. The molecule has 1 aromatic carbocycles. The van der Waals surface area contributed by atoms with Gasteiger partial charge in [-0.25, -0.2) is 0 Å². The second kappa shape index (κ2) is 6.12. The predicted octanol–water partition coefficient (Wildman–Crippen LogP) is 1.30. The zero-order valence-corrected chi connectivity index (χ0v) is 9.90. The van der Waals surface area contributed by atoms with Crippen LogP contribution in [0.5, 0.6) is 5.75 Å². The number of hydrogen-bond donors (Lipinski definition) is 0. The number of rotatable bonds is 5. The van der Waals surface area contributed by atoms with Crippen molar-refractivity contribution in [1.82, 2.24) is 4.90 Å². The van der Waals surface area contributed by atoms with Crippen LogP contribution in [0.15, 0.2) is 24.3 Å². The van der Waals surface area contributed by atoms with Crippen molar-refractivity contribution in [2.45, 2.75) is 6.54 Å². The Kier molecular flexibility index (Phi) is 4.79. The van der Waals surface area contributed by atoms with Crippen molar-refractivity contribution in [3.8, 4) is 5.75 Å². The van der Waals surface area contributed by atoms with E-state index in [1.54, 1.807) is 7.11 Å². The predicted molar refractivity (Wildman–Crippen MR) is 61.3 cm³/mol. The average Bonchev–Trinajstić information content (AvgIpc) is 2.29. The zero-order chi connectivity index (χ0) is 12.0. The molecule has 0 spiro atoms. The van der Waals surface area contributed by atoms with Crippen LogP contribution in [0, 0.1) is 0 Å². The third kappa shape index (κ3) is 3.90. The van der Waals surface area contributed by atoms with Crippen molar-refractivity contribution in [2.75, 3.05) is 27.8 Å². The highest BCUT2D eigenvalue weighted by Gasteiger charge is 2.06. The number of carbonyl (C=O) groups is 1. The third-order valence-electron chi connectivity index (χ3n) is 2.24. The second-order valence-corrected chi connectivity index (χ2v) is 3.60. The van der Waals surface area contributed by atoms with Gasteiger partial charge in [-0.15, -0.1) is 0 Å². The van der Waals surface area contributed by atoms with Crippen molar-refractivity contribution < 1.29 is 14.3 Å². The maximum atomic E-state index is 11.0. The Hall–Kier alpha value is -1.55. The summed E-state index contributed by atoms with van der Waals surface area (Å²) in [7, 11) is 4.91. The summed E-state index contributed by atoms with van der Waals surface area (Å²) in [6.45, 7) is 1.00. The Morgan fingerprint density at radius 2 is 1.88 bits per heavy atom. The second-order valence-electron chi connectivity index (χ2n) is 3.60. The summed E-state index contributed by atoms with van der Waals surface area (Å²) in [5.41, 5.74) is 1.13. The molecule has 0 saturated heterocycles. The minimum Gasteiger partial charge on any atom is -0.497 e. The molecule has 4 heteroatoms. The summed E-state index contributed by atoms with van der Waals surface area (Å²) in [5, 5.41) is 0. The summed E-state index contributed by atoms with van der Waals surface area (Å²) >= 11 is 0. The summed E-state index contributed by atoms with van der Waals surface area (Å²) in [5.74, 6) is 0.607. The van der Waals surface area contributed by atoms with Crippen LogP contribution in [0.3, 0.4) is 0 Å². The Morgan fingerprint density at radius 1 is 1.25 bits per heavy atom. The summed E-state index contributed by atoms with van der Waals surface area (Å²) in [6, 6.07) is 7.77. The first-order valence-corrected chi connectivity index (χ1v) is 5.04. The fraction of sp³-hybridized carbons (Fsp3) is 0.417. The molecule has 0 atom stereocenters. The summed E-state index contributed by atoms with van der Waals surface area (Å²) in [4.78, 5) is 12.9. The minimum atomic E-state index is -0.226. The van der Waals surface area contributed by atoms with E-state index in [-0.39, 0.29) is 5.97 Å². The quantitative estimate of drug-likeness (QED) is 0.705. The van der Waals surface area contributed by atoms with Gasteiger partial charge in [0, 0.05) is 6.54 Å². The van der Waals surface area contributed by atoms with Crippen molar-refractivity contribution in [1.29, 1.82) is 0 Å². The van der Waals surface area contributed by atoms with Gasteiger partial charge in [0.05, 0.1) is 20.8 Å². The Balaban J connectivity index is 2.49. The lowest BCUT2D eigenvalue weighted by molar-refractivity contribution is -0.141. The van der Waals surface area contributed by atoms with E-state index in [0.29, 0.717) is 13.1 Å². The molecule has 0 unspecified atom stereocenters. The zero-order valence-electron chi connectivity index (χ0n) is 9.90. The van der Waals surface area contributed by atoms with Crippen LogP contribution >= 0.6 is 0 Å². The molecule has 0 aromatic heterocycles. The van der Waals surface area contributed by atoms with Crippen molar-refractivity contribution in [3.63, 3.8) is 0 Å². The molecule has 0 radical (unpaired) electrons. The van der Waals surface area contributed by atoms with Crippen LogP contribution in [0.4, 0.5) is 0 Å². The van der Waals surface area contributed by atoms with Gasteiger partial charge in [0.15, 0.2) is 0 Å². The number of carbonyl (C=O) groups excluding carboxylic acids is 1. The van der Waals surface area contributed by atoms with Crippen molar-refractivity contribution in [3.05, 3.63) is 29.8 Å². The molecule has 0 N–H and O–H groups in total. The van der Waals surface area contributed by atoms with Gasteiger partial charge in [-0.3, -0.25) is 9.69 Å². The van der Waals surface area contributed by atoms with Gasteiger partial charge in [-0.1, -0.05) is 12.1 Å². The maximum Gasteiger partial charge on any atom is 0.319 e. The topological polar surface area (TPSA) is 38.8 Å². The number of ether oxygens (including phenoxy) is 2. The fourth-order valence-electron chi connectivity index (χ4n) is 1.38. The van der Waals surface area contributed by atoms with Gasteiger partial charge in [0.2, 0.25) is 0 Å². The molecule has 0 saturated carbocycles. The van der Waals surface area contributed by atoms with Crippen LogP contribution in [0.2, 0.25) is 0 Å². The third-order valence-corrected chi connectivity index (χ3v) is 2.24. The van der Waals surface area contributed by atoms with Crippen LogP contribution in [0.25, 0.3) is 0 Å². The molecule has 0 aliphatic carbocycles. The fourth-order valence-corrected chi connectivity index (χ4v) is 1.38. The number of methoxy groups -OCH3 is 2. The lowest BCUT2D eigenvalue weighted by Crippen LogP contribution is -2.26. The molecule has 0 aliphatic rings. The van der Waals surface area contributed by atoms with Crippen LogP contribution in [0.1, 0.15) is 5.56 Å². The van der Waals surface area contributed by atoms with Gasteiger partial charge < -0.3 is 9.47 Å². The molecule has 88 valence electrons. The highest BCUT2D eigenvalue weighted by atomic mass is 16.5. The lowest BCUT2D eigenvalue weighted by Gasteiger charge is -2.15. The van der Waals surface area contributed by atoms with E-state index < -0.39 is 0 Å². The van der Waals surface area contributed by atoms with E-state index in [9.17, 15) is 4.79 Å². The maximum absolute atomic E-state index is 11.0. The SMILES string of the molecule is COC(=O)CN(C)Cc1ccc(OC)cc1. The van der Waals surface area contributed by atoms with E-state index in [1.807, 2.05) is 36.2 Å². The lowest BCUT2D eigenvalue weighted by atomic mass is 10.2. The summed E-state index contributed by atoms with van der Waals surface area (Å²) in [6.07, 6.45) is 0. The molecule has 0 aliphatic heterocycles. The number of esters is 1. The first-order valence-electron chi connectivity index (χ1n) is 5.04. The highest BCUT2D eigenvalue weighted by Crippen LogP contribution is 2.12. The van der Waals surface area contributed by atoms with E-state index >= 15 is 0 Å². The molecule has 0 heterocycles. The van der Waals surface area contributed by atoms with E-state index in [4.69, 9.17) is 4.74 Å². The standard InChI is InChI=1S/C12H17NO3/c1-13(9-12(14)16-3)8-10-4-6-11(15-2)7-5-10/h4-7H,8-9H2,1-3H3. The molecular formula is C12H17NO3. The smallest absolute Gasteiger partial charge is 0.319 e. The number of hydrogen-bond acceptors (Lipinski definition) is 4. The van der Waals surface area contributed by atoms with Crippen molar-refractivity contribution >= 4 is 5.97 Å². The van der Waals surface area contributed by atoms with E-state index in [0.717, 1.165) is 11.3 Å². The van der Waals surface area contributed by atoms with Gasteiger partial charge in [0.1, 0.15) is 5.75 Å². The molecule has 16 heavy (non-hydrogen) atoms. The van der Waals surface area contributed by atoms with Crippen LogP contribution in [-0.4, -0.2) is 38.7 Å². The van der Waals surface area contributed by atoms with Crippen LogP contribution < -0.4 is 4.74 Å². The van der Waals surface area contributed by atoms with Gasteiger partial charge in [-0.05, 0) is 24.7 Å². The average molecular weight is 223 g/mol. The molecular weight excluding hydrogens is 206 g/mol. The first-order chi connectivity index (χ1) is 7.65. The van der Waals surface area contributed by atoms with E-state index in [1.165, 1.54) is 7.11 Å². The number of benzene rings is 1. The molecule has 1 rings (SSSR count). The molecule has 0 fully saturated rings. The Morgan fingerprint density at radius 3 is 2.38 bits per heavy atom. The first kappa shape index (κ1) is 12.5. The minimum absolute atomic E-state index is 0.226. The van der Waals surface area contributed by atoms with E-state index in [2.05, 4.69) is 4.74 Å². The summed E-state index contributed by atoms with van der Waals surface area (Å²) < 4.78 is 9.66.